The molecule has 0 spiro atoms. The molecule has 3 N–H and O–H groups in total. The van der Waals surface area contributed by atoms with Crippen molar-refractivity contribution in [3.05, 3.63) is 35.9 Å². The summed E-state index contributed by atoms with van der Waals surface area (Å²) in [5, 5.41) is 3.11. The minimum Gasteiger partial charge on any atom is -0.369 e. The number of benzene rings is 1. The van der Waals surface area contributed by atoms with Gasteiger partial charge in [-0.25, -0.2) is 4.79 Å². The smallest absolute Gasteiger partial charge is 0.317 e. The van der Waals surface area contributed by atoms with Gasteiger partial charge >= 0.3 is 6.03 Å². The molecule has 2 aliphatic rings. The van der Waals surface area contributed by atoms with Crippen LogP contribution in [0.4, 0.5) is 4.79 Å². The van der Waals surface area contributed by atoms with Gasteiger partial charge in [-0.15, -0.1) is 0 Å². The highest BCUT2D eigenvalue weighted by Gasteiger charge is 2.32. The lowest BCUT2D eigenvalue weighted by atomic mass is 10.1. The third kappa shape index (κ3) is 3.70. The van der Waals surface area contributed by atoms with E-state index < -0.39 is 0 Å². The number of likely N-dealkylation sites (tertiary alicyclic amines) is 2. The van der Waals surface area contributed by atoms with Gasteiger partial charge in [-0.05, 0) is 25.3 Å². The summed E-state index contributed by atoms with van der Waals surface area (Å²) >= 11 is 0. The number of hydrogen-bond acceptors (Lipinski definition) is 3. The largest absolute Gasteiger partial charge is 0.369 e. The third-order valence-electron chi connectivity index (χ3n) is 5.25. The number of hydrogen-bond donors (Lipinski definition) is 2. The number of primary amides is 1. The Morgan fingerprint density at radius 3 is 2.58 bits per heavy atom. The van der Waals surface area contributed by atoms with Gasteiger partial charge < -0.3 is 16.0 Å². The summed E-state index contributed by atoms with van der Waals surface area (Å²) in [6.07, 6.45) is 1.63. The fourth-order valence-electron chi connectivity index (χ4n) is 3.64. The maximum absolute atomic E-state index is 12.4. The van der Waals surface area contributed by atoms with Crippen LogP contribution in [0.3, 0.4) is 0 Å². The minimum absolute atomic E-state index is 0.0713. The lowest BCUT2D eigenvalue weighted by molar-refractivity contribution is -0.121. The maximum atomic E-state index is 12.4. The summed E-state index contributed by atoms with van der Waals surface area (Å²) < 4.78 is 0. The lowest BCUT2D eigenvalue weighted by Crippen LogP contribution is -2.45. The van der Waals surface area contributed by atoms with Gasteiger partial charge in [0.25, 0.3) is 0 Å². The Kier molecular flexibility index (Phi) is 5.04. The molecule has 2 saturated heterocycles. The summed E-state index contributed by atoms with van der Waals surface area (Å²) in [6, 6.07) is 10.9. The van der Waals surface area contributed by atoms with Crippen LogP contribution in [-0.4, -0.2) is 54.0 Å². The predicted molar refractivity (Wildman–Crippen MR) is 92.2 cm³/mol. The number of carbonyl (C=O) groups is 2. The van der Waals surface area contributed by atoms with E-state index in [0.717, 1.165) is 19.5 Å². The summed E-state index contributed by atoms with van der Waals surface area (Å²) in [5.74, 6) is -0.511. The van der Waals surface area contributed by atoms with Crippen LogP contribution in [-0.2, 0) is 4.79 Å². The first-order valence-corrected chi connectivity index (χ1v) is 8.68. The molecule has 0 aromatic heterocycles. The molecule has 24 heavy (non-hydrogen) atoms. The highest BCUT2D eigenvalue weighted by atomic mass is 16.2. The first-order valence-electron chi connectivity index (χ1n) is 8.68. The highest BCUT2D eigenvalue weighted by molar-refractivity contribution is 5.80. The Labute approximate surface area is 143 Å². The van der Waals surface area contributed by atoms with Crippen LogP contribution in [0.2, 0.25) is 0 Å². The van der Waals surface area contributed by atoms with Crippen LogP contribution in [0, 0.1) is 5.92 Å². The fourth-order valence-corrected chi connectivity index (χ4v) is 3.64. The average Bonchev–Trinajstić information content (AvgIpc) is 3.24. The molecule has 1 aromatic carbocycles. The molecular weight excluding hydrogens is 304 g/mol. The van der Waals surface area contributed by atoms with E-state index in [1.54, 1.807) is 4.90 Å². The molecule has 0 aliphatic carbocycles. The Balaban J connectivity index is 1.49. The monoisotopic (exact) mass is 330 g/mol. The summed E-state index contributed by atoms with van der Waals surface area (Å²) in [7, 11) is 0. The van der Waals surface area contributed by atoms with Crippen LogP contribution in [0.25, 0.3) is 0 Å². The number of carbonyl (C=O) groups excluding carboxylic acids is 2. The van der Waals surface area contributed by atoms with Crippen LogP contribution < -0.4 is 11.1 Å². The topological polar surface area (TPSA) is 78.7 Å². The van der Waals surface area contributed by atoms with Crippen LogP contribution in [0.1, 0.15) is 31.4 Å². The molecule has 6 nitrogen and oxygen atoms in total. The van der Waals surface area contributed by atoms with Gasteiger partial charge in [0.2, 0.25) is 5.91 Å². The zero-order valence-corrected chi connectivity index (χ0v) is 14.1. The van der Waals surface area contributed by atoms with E-state index in [1.807, 2.05) is 6.07 Å². The SMILES string of the molecule is C[C@H](c1ccccc1)N1CC[C@@H](NC(=O)N2CC[C@@H](C(N)=O)C2)C1. The van der Waals surface area contributed by atoms with Crippen molar-refractivity contribution in [1.82, 2.24) is 15.1 Å². The molecule has 0 saturated carbocycles. The first kappa shape index (κ1) is 16.8. The van der Waals surface area contributed by atoms with Crippen molar-refractivity contribution >= 4 is 11.9 Å². The summed E-state index contributed by atoms with van der Waals surface area (Å²) in [5.41, 5.74) is 6.63. The number of urea groups is 1. The second-order valence-electron chi connectivity index (χ2n) is 6.85. The van der Waals surface area contributed by atoms with Gasteiger partial charge in [-0.3, -0.25) is 9.69 Å². The van der Waals surface area contributed by atoms with Gasteiger partial charge in [0.1, 0.15) is 0 Å². The predicted octanol–water partition coefficient (Wildman–Crippen LogP) is 1.34. The molecule has 0 bridgehead atoms. The summed E-state index contributed by atoms with van der Waals surface area (Å²) in [4.78, 5) is 27.7. The Bertz CT molecular complexity index is 592. The zero-order valence-electron chi connectivity index (χ0n) is 14.1. The number of nitrogens with one attached hydrogen (secondary N) is 1. The van der Waals surface area contributed by atoms with Gasteiger partial charge in [-0.1, -0.05) is 30.3 Å². The molecule has 3 rings (SSSR count). The van der Waals surface area contributed by atoms with Gasteiger partial charge in [-0.2, -0.15) is 0 Å². The van der Waals surface area contributed by atoms with Crippen molar-refractivity contribution in [2.75, 3.05) is 26.2 Å². The molecule has 2 heterocycles. The number of rotatable bonds is 4. The molecule has 6 heteroatoms. The Morgan fingerprint density at radius 2 is 1.92 bits per heavy atom. The zero-order chi connectivity index (χ0) is 17.1. The minimum atomic E-state index is -0.311. The number of nitrogens with zero attached hydrogens (tertiary/aromatic N) is 2. The van der Waals surface area contributed by atoms with Crippen molar-refractivity contribution < 1.29 is 9.59 Å². The van der Waals surface area contributed by atoms with E-state index in [1.165, 1.54) is 5.56 Å². The van der Waals surface area contributed by atoms with Crippen molar-refractivity contribution in [3.63, 3.8) is 0 Å². The standard InChI is InChI=1S/C18H26N4O2/c1-13(14-5-3-2-4-6-14)21-10-8-16(12-21)20-18(24)22-9-7-15(11-22)17(19)23/h2-6,13,15-16H,7-12H2,1H3,(H2,19,23)(H,20,24)/t13-,15-,16-/m1/s1. The maximum Gasteiger partial charge on any atom is 0.317 e. The Hall–Kier alpha value is -2.08. The van der Waals surface area contributed by atoms with Crippen LogP contribution >= 0.6 is 0 Å². The van der Waals surface area contributed by atoms with Crippen molar-refractivity contribution in [2.24, 2.45) is 11.7 Å². The van der Waals surface area contributed by atoms with Gasteiger partial charge in [0.15, 0.2) is 0 Å². The van der Waals surface area contributed by atoms with E-state index in [4.69, 9.17) is 5.73 Å². The molecule has 3 amide bonds. The second-order valence-corrected chi connectivity index (χ2v) is 6.85. The average molecular weight is 330 g/mol. The second kappa shape index (κ2) is 7.21. The molecule has 0 unspecified atom stereocenters. The number of nitrogens with two attached hydrogens (primary N) is 1. The first-order chi connectivity index (χ1) is 11.5. The van der Waals surface area contributed by atoms with E-state index in [0.29, 0.717) is 25.6 Å². The molecule has 2 fully saturated rings. The van der Waals surface area contributed by atoms with Gasteiger partial charge in [0.05, 0.1) is 5.92 Å². The molecule has 1 aromatic rings. The lowest BCUT2D eigenvalue weighted by Gasteiger charge is -2.25. The van der Waals surface area contributed by atoms with E-state index in [-0.39, 0.29) is 23.9 Å². The normalized spacial score (nSPS) is 25.6. The van der Waals surface area contributed by atoms with E-state index in [9.17, 15) is 9.59 Å². The van der Waals surface area contributed by atoms with Crippen molar-refractivity contribution in [2.45, 2.75) is 31.8 Å². The molecule has 2 aliphatic heterocycles. The molecule has 3 atom stereocenters. The van der Waals surface area contributed by atoms with Crippen LogP contribution in [0.15, 0.2) is 30.3 Å². The van der Waals surface area contributed by atoms with Crippen molar-refractivity contribution in [1.29, 1.82) is 0 Å². The third-order valence-corrected chi connectivity index (χ3v) is 5.25. The van der Waals surface area contributed by atoms with Crippen LogP contribution in [0.5, 0.6) is 0 Å². The highest BCUT2D eigenvalue weighted by Crippen LogP contribution is 2.24. The molecule has 130 valence electrons. The Morgan fingerprint density at radius 1 is 1.17 bits per heavy atom. The van der Waals surface area contributed by atoms with Gasteiger partial charge in [0, 0.05) is 38.3 Å². The molecule has 0 radical (unpaired) electrons. The van der Waals surface area contributed by atoms with E-state index in [2.05, 4.69) is 41.4 Å². The van der Waals surface area contributed by atoms with E-state index >= 15 is 0 Å². The van der Waals surface area contributed by atoms with Crippen molar-refractivity contribution in [3.8, 4) is 0 Å². The number of amides is 3. The quantitative estimate of drug-likeness (QED) is 0.874. The molecular formula is C18H26N4O2. The summed E-state index contributed by atoms with van der Waals surface area (Å²) in [6.45, 7) is 5.09. The fraction of sp³-hybridized carbons (Fsp3) is 0.556.